The molecule has 7 heteroatoms. The topological polar surface area (TPSA) is 99.9 Å². The number of alkyl carbamates (subject to hydrolysis) is 1. The molecular weight excluding hydrogens is 252 g/mol. The number of rotatable bonds is 4. The molecule has 0 aliphatic carbocycles. The van der Waals surface area contributed by atoms with Crippen LogP contribution in [0.1, 0.15) is 0 Å². The summed E-state index contributed by atoms with van der Waals surface area (Å²) in [5, 5.41) is 2.56. The third-order valence-electron chi connectivity index (χ3n) is 2.24. The molecular formula is C12H16N2O5. The third-order valence-corrected chi connectivity index (χ3v) is 2.24. The third kappa shape index (κ3) is 4.74. The monoisotopic (exact) mass is 268 g/mol. The van der Waals surface area contributed by atoms with Gasteiger partial charge in [0.25, 0.3) is 0 Å². The molecule has 1 aliphatic rings. The Hall–Kier alpha value is -2.44. The van der Waals surface area contributed by atoms with Gasteiger partial charge in [0.1, 0.15) is 6.61 Å². The molecule has 19 heavy (non-hydrogen) atoms. The first kappa shape index (κ1) is 14.6. The van der Waals surface area contributed by atoms with Crippen molar-refractivity contribution in [1.82, 2.24) is 5.32 Å². The molecule has 104 valence electrons. The van der Waals surface area contributed by atoms with E-state index in [0.29, 0.717) is 24.7 Å². The van der Waals surface area contributed by atoms with Gasteiger partial charge in [-0.3, -0.25) is 4.79 Å². The average Bonchev–Trinajstić information content (AvgIpc) is 2.83. The van der Waals surface area contributed by atoms with E-state index in [1.165, 1.54) is 0 Å². The van der Waals surface area contributed by atoms with Gasteiger partial charge in [0.2, 0.25) is 6.41 Å². The summed E-state index contributed by atoms with van der Waals surface area (Å²) < 4.78 is 15.6. The van der Waals surface area contributed by atoms with Gasteiger partial charge >= 0.3 is 6.09 Å². The highest BCUT2D eigenvalue weighted by Crippen LogP contribution is 2.26. The molecule has 0 saturated carbocycles. The van der Waals surface area contributed by atoms with Crippen LogP contribution in [0.3, 0.4) is 0 Å². The minimum Gasteiger partial charge on any atom is -0.493 e. The number of cyclic esters (lactones) is 1. The Morgan fingerprint density at radius 1 is 1.47 bits per heavy atom. The summed E-state index contributed by atoms with van der Waals surface area (Å²) in [6.07, 6.45) is -0.383. The molecule has 1 aliphatic heterocycles. The van der Waals surface area contributed by atoms with Crippen LogP contribution in [-0.2, 0) is 9.53 Å². The molecule has 1 unspecified atom stereocenters. The molecule has 2 rings (SSSR count). The normalized spacial score (nSPS) is 16.5. The maximum absolute atomic E-state index is 10.8. The van der Waals surface area contributed by atoms with Crippen molar-refractivity contribution in [2.45, 2.75) is 6.10 Å². The summed E-state index contributed by atoms with van der Waals surface area (Å²) in [6.45, 7) is 0.799. The van der Waals surface area contributed by atoms with E-state index in [-0.39, 0.29) is 12.5 Å². The summed E-state index contributed by atoms with van der Waals surface area (Å²) >= 11 is 0. The Morgan fingerprint density at radius 2 is 2.11 bits per heavy atom. The number of ether oxygens (including phenoxy) is 3. The van der Waals surface area contributed by atoms with E-state index >= 15 is 0 Å². The van der Waals surface area contributed by atoms with Crippen LogP contribution in [0.5, 0.6) is 11.5 Å². The predicted octanol–water partition coefficient (Wildman–Crippen LogP) is 0.284. The first-order valence-corrected chi connectivity index (χ1v) is 5.57. The van der Waals surface area contributed by atoms with E-state index in [9.17, 15) is 4.79 Å². The molecule has 0 radical (unpaired) electrons. The lowest BCUT2D eigenvalue weighted by Crippen LogP contribution is -2.22. The van der Waals surface area contributed by atoms with Gasteiger partial charge in [-0.1, -0.05) is 12.1 Å². The zero-order valence-electron chi connectivity index (χ0n) is 10.5. The molecule has 1 aromatic carbocycles. The zero-order valence-corrected chi connectivity index (χ0v) is 10.5. The number of methoxy groups -OCH3 is 1. The number of amides is 2. The van der Waals surface area contributed by atoms with Crippen LogP contribution in [0.15, 0.2) is 24.3 Å². The predicted molar refractivity (Wildman–Crippen MR) is 67.0 cm³/mol. The number of para-hydroxylation sites is 2. The van der Waals surface area contributed by atoms with Gasteiger partial charge in [0.15, 0.2) is 17.6 Å². The largest absolute Gasteiger partial charge is 0.493 e. The standard InChI is InChI=1S/C11H13NO4.CH3NO/c1-14-9-4-2-3-5-10(9)15-7-8-6-12-11(13)16-8;2-1-3/h2-5,8H,6-7H2,1H3,(H,12,13);1H,(H2,2,3). The second-order valence-electron chi connectivity index (χ2n) is 3.51. The van der Waals surface area contributed by atoms with Crippen molar-refractivity contribution >= 4 is 12.5 Å². The summed E-state index contributed by atoms with van der Waals surface area (Å²) in [4.78, 5) is 19.4. The minimum atomic E-state index is -0.395. The lowest BCUT2D eigenvalue weighted by atomic mass is 10.3. The Balaban J connectivity index is 0.000000550. The summed E-state index contributed by atoms with van der Waals surface area (Å²) in [5.74, 6) is 1.31. The minimum absolute atomic E-state index is 0.239. The van der Waals surface area contributed by atoms with Crippen molar-refractivity contribution in [3.63, 3.8) is 0 Å². The molecule has 0 aromatic heterocycles. The number of carbonyl (C=O) groups is 2. The summed E-state index contributed by atoms with van der Waals surface area (Å²) in [7, 11) is 1.58. The average molecular weight is 268 g/mol. The van der Waals surface area contributed by atoms with Gasteiger partial charge in [0, 0.05) is 0 Å². The van der Waals surface area contributed by atoms with Gasteiger partial charge in [-0.15, -0.1) is 0 Å². The maximum Gasteiger partial charge on any atom is 0.407 e. The van der Waals surface area contributed by atoms with Gasteiger partial charge < -0.3 is 25.3 Å². The Bertz CT molecular complexity index is 424. The molecule has 1 fully saturated rings. The van der Waals surface area contributed by atoms with Gasteiger partial charge in [-0.05, 0) is 12.1 Å². The van der Waals surface area contributed by atoms with Gasteiger partial charge in [0.05, 0.1) is 13.7 Å². The van der Waals surface area contributed by atoms with E-state index in [1.54, 1.807) is 7.11 Å². The van der Waals surface area contributed by atoms with Crippen molar-refractivity contribution < 1.29 is 23.8 Å². The van der Waals surface area contributed by atoms with Crippen molar-refractivity contribution in [2.75, 3.05) is 20.3 Å². The number of hydrogen-bond donors (Lipinski definition) is 2. The fourth-order valence-corrected chi connectivity index (χ4v) is 1.45. The lowest BCUT2D eigenvalue weighted by molar-refractivity contribution is -0.106. The number of nitrogens with one attached hydrogen (secondary N) is 1. The first-order chi connectivity index (χ1) is 9.21. The van der Waals surface area contributed by atoms with E-state index in [1.807, 2.05) is 24.3 Å². The second-order valence-corrected chi connectivity index (χ2v) is 3.51. The van der Waals surface area contributed by atoms with Crippen LogP contribution in [-0.4, -0.2) is 38.9 Å². The zero-order chi connectivity index (χ0) is 14.1. The number of nitrogens with two attached hydrogens (primary N) is 1. The van der Waals surface area contributed by atoms with Crippen molar-refractivity contribution in [3.05, 3.63) is 24.3 Å². The highest BCUT2D eigenvalue weighted by Gasteiger charge is 2.23. The quantitative estimate of drug-likeness (QED) is 0.764. The van der Waals surface area contributed by atoms with Crippen LogP contribution in [0, 0.1) is 0 Å². The highest BCUT2D eigenvalue weighted by molar-refractivity contribution is 5.69. The van der Waals surface area contributed by atoms with Gasteiger partial charge in [-0.2, -0.15) is 0 Å². The van der Waals surface area contributed by atoms with Crippen LogP contribution in [0.2, 0.25) is 0 Å². The molecule has 1 heterocycles. The van der Waals surface area contributed by atoms with Crippen LogP contribution < -0.4 is 20.5 Å². The van der Waals surface area contributed by atoms with Crippen LogP contribution in [0.4, 0.5) is 4.79 Å². The molecule has 7 nitrogen and oxygen atoms in total. The van der Waals surface area contributed by atoms with Crippen LogP contribution >= 0.6 is 0 Å². The SMILES string of the molecule is COc1ccccc1OCC1CNC(=O)O1.NC=O. The smallest absolute Gasteiger partial charge is 0.407 e. The number of hydrogen-bond acceptors (Lipinski definition) is 5. The molecule has 0 spiro atoms. The Kier molecular flexibility index (Phi) is 6.00. The molecule has 1 aromatic rings. The molecule has 3 N–H and O–H groups in total. The molecule has 2 amide bonds. The lowest BCUT2D eigenvalue weighted by Gasteiger charge is -2.12. The summed E-state index contributed by atoms with van der Waals surface area (Å²) in [5.41, 5.74) is 4.17. The molecule has 1 saturated heterocycles. The van der Waals surface area contributed by atoms with Crippen LogP contribution in [0.25, 0.3) is 0 Å². The first-order valence-electron chi connectivity index (χ1n) is 5.57. The fraction of sp³-hybridized carbons (Fsp3) is 0.333. The molecule has 0 bridgehead atoms. The Morgan fingerprint density at radius 3 is 2.63 bits per heavy atom. The van der Waals surface area contributed by atoms with Gasteiger partial charge in [-0.25, -0.2) is 4.79 Å². The molecule has 1 atom stereocenters. The van der Waals surface area contributed by atoms with E-state index in [4.69, 9.17) is 19.0 Å². The van der Waals surface area contributed by atoms with Crippen molar-refractivity contribution in [3.8, 4) is 11.5 Å². The van der Waals surface area contributed by atoms with Crippen molar-refractivity contribution in [1.29, 1.82) is 0 Å². The Labute approximate surface area is 110 Å². The van der Waals surface area contributed by atoms with Crippen molar-refractivity contribution in [2.24, 2.45) is 5.73 Å². The fourth-order valence-electron chi connectivity index (χ4n) is 1.45. The number of primary amides is 1. The van der Waals surface area contributed by atoms with E-state index in [0.717, 1.165) is 0 Å². The number of carbonyl (C=O) groups excluding carboxylic acids is 2. The summed E-state index contributed by atoms with van der Waals surface area (Å²) in [6, 6.07) is 7.34. The van der Waals surface area contributed by atoms with E-state index in [2.05, 4.69) is 11.1 Å². The second kappa shape index (κ2) is 7.80. The highest BCUT2D eigenvalue weighted by atomic mass is 16.6. The van der Waals surface area contributed by atoms with E-state index < -0.39 is 6.09 Å². The number of benzene rings is 1. The maximum atomic E-state index is 10.8.